The molecule has 1 aromatic heterocycles. The molecule has 2 rings (SSSR count). The van der Waals surface area contributed by atoms with E-state index in [1.807, 2.05) is 7.05 Å². The smallest absolute Gasteiger partial charge is 0.276 e. The lowest BCUT2D eigenvalue weighted by Crippen LogP contribution is -2.29. The van der Waals surface area contributed by atoms with E-state index in [1.165, 1.54) is 12.8 Å². The molecule has 0 radical (unpaired) electrons. The molecular formula is C12H20N4O. The molecule has 0 bridgehead atoms. The zero-order valence-electron chi connectivity index (χ0n) is 10.5. The summed E-state index contributed by atoms with van der Waals surface area (Å²) in [6.07, 6.45) is 4.28. The van der Waals surface area contributed by atoms with Gasteiger partial charge in [-0.1, -0.05) is 13.3 Å². The lowest BCUT2D eigenvalue weighted by atomic mass is 10.2. The van der Waals surface area contributed by atoms with E-state index >= 15 is 0 Å². The van der Waals surface area contributed by atoms with Crippen molar-refractivity contribution in [2.75, 3.05) is 19.3 Å². The summed E-state index contributed by atoms with van der Waals surface area (Å²) in [6, 6.07) is 0. The van der Waals surface area contributed by atoms with Crippen molar-refractivity contribution in [1.82, 2.24) is 15.1 Å². The normalized spacial score (nSPS) is 14.9. The van der Waals surface area contributed by atoms with E-state index in [-0.39, 0.29) is 5.91 Å². The van der Waals surface area contributed by atoms with Gasteiger partial charge in [-0.15, -0.1) is 0 Å². The predicted molar refractivity (Wildman–Crippen MR) is 66.7 cm³/mol. The molecule has 1 saturated carbocycles. The van der Waals surface area contributed by atoms with Gasteiger partial charge >= 0.3 is 0 Å². The highest BCUT2D eigenvalue weighted by Gasteiger charge is 2.27. The van der Waals surface area contributed by atoms with Crippen molar-refractivity contribution >= 4 is 11.6 Å². The molecule has 1 fully saturated rings. The van der Waals surface area contributed by atoms with E-state index in [0.717, 1.165) is 25.1 Å². The molecule has 5 nitrogen and oxygen atoms in total. The van der Waals surface area contributed by atoms with Crippen LogP contribution in [0.2, 0.25) is 0 Å². The van der Waals surface area contributed by atoms with Crippen LogP contribution in [0.25, 0.3) is 0 Å². The van der Waals surface area contributed by atoms with Gasteiger partial charge in [0, 0.05) is 13.6 Å². The molecule has 1 amide bonds. The Morgan fingerprint density at radius 3 is 2.88 bits per heavy atom. The van der Waals surface area contributed by atoms with E-state index < -0.39 is 0 Å². The third-order valence-corrected chi connectivity index (χ3v) is 3.16. The number of carbonyl (C=O) groups is 1. The van der Waals surface area contributed by atoms with Crippen LogP contribution in [0.15, 0.2) is 0 Å². The average molecular weight is 236 g/mol. The van der Waals surface area contributed by atoms with Crippen molar-refractivity contribution in [2.24, 2.45) is 5.92 Å². The lowest BCUT2D eigenvalue weighted by Gasteiger charge is -2.15. The maximum absolute atomic E-state index is 12.1. The number of aryl methyl sites for hydroxylation is 1. The van der Waals surface area contributed by atoms with Crippen LogP contribution in [-0.4, -0.2) is 34.6 Å². The minimum absolute atomic E-state index is 0.0759. The number of anilines is 1. The first kappa shape index (κ1) is 12.0. The Hall–Kier alpha value is -1.52. The summed E-state index contributed by atoms with van der Waals surface area (Å²) < 4.78 is 0. The van der Waals surface area contributed by atoms with Gasteiger partial charge in [-0.3, -0.25) is 9.89 Å². The maximum atomic E-state index is 12.1. The molecule has 5 heteroatoms. The van der Waals surface area contributed by atoms with Gasteiger partial charge < -0.3 is 10.6 Å². The van der Waals surface area contributed by atoms with Gasteiger partial charge in [0.05, 0.1) is 11.4 Å². The van der Waals surface area contributed by atoms with Crippen LogP contribution < -0.4 is 5.73 Å². The highest BCUT2D eigenvalue weighted by atomic mass is 16.2. The number of aromatic nitrogens is 2. The molecule has 1 aliphatic carbocycles. The van der Waals surface area contributed by atoms with Crippen molar-refractivity contribution < 1.29 is 4.79 Å². The number of nitrogens with zero attached hydrogens (tertiary/aromatic N) is 2. The molecule has 1 heterocycles. The number of aromatic amines is 1. The zero-order chi connectivity index (χ0) is 12.4. The highest BCUT2D eigenvalue weighted by molar-refractivity contribution is 5.97. The molecule has 1 aromatic rings. The summed E-state index contributed by atoms with van der Waals surface area (Å²) in [6.45, 7) is 2.88. The minimum Gasteiger partial charge on any atom is -0.395 e. The summed E-state index contributed by atoms with van der Waals surface area (Å²) in [5.41, 5.74) is 7.69. The fourth-order valence-electron chi connectivity index (χ4n) is 1.94. The van der Waals surface area contributed by atoms with Crippen molar-refractivity contribution in [2.45, 2.75) is 32.6 Å². The Morgan fingerprint density at radius 1 is 1.59 bits per heavy atom. The fourth-order valence-corrected chi connectivity index (χ4v) is 1.94. The Morgan fingerprint density at radius 2 is 2.29 bits per heavy atom. The largest absolute Gasteiger partial charge is 0.395 e. The number of nitrogens with two attached hydrogens (primary N) is 1. The average Bonchev–Trinajstić information content (AvgIpc) is 3.04. The van der Waals surface area contributed by atoms with Crippen molar-refractivity contribution in [1.29, 1.82) is 0 Å². The number of hydrogen-bond donors (Lipinski definition) is 2. The van der Waals surface area contributed by atoms with Gasteiger partial charge in [0.1, 0.15) is 0 Å². The van der Waals surface area contributed by atoms with E-state index in [4.69, 9.17) is 5.73 Å². The van der Waals surface area contributed by atoms with Crippen LogP contribution in [0.1, 0.15) is 42.4 Å². The van der Waals surface area contributed by atoms with Crippen LogP contribution in [0, 0.1) is 5.92 Å². The number of nitrogen functional groups attached to an aromatic ring is 1. The highest BCUT2D eigenvalue weighted by Crippen LogP contribution is 2.30. The van der Waals surface area contributed by atoms with Crippen molar-refractivity contribution in [3.8, 4) is 0 Å². The van der Waals surface area contributed by atoms with Gasteiger partial charge in [0.25, 0.3) is 5.91 Å². The molecule has 0 aromatic carbocycles. The quantitative estimate of drug-likeness (QED) is 0.812. The summed E-state index contributed by atoms with van der Waals surface area (Å²) in [5.74, 6) is 0.604. The Balaban J connectivity index is 2.06. The molecule has 3 N–H and O–H groups in total. The Kier molecular flexibility index (Phi) is 3.36. The summed E-state index contributed by atoms with van der Waals surface area (Å²) in [7, 11) is 1.81. The van der Waals surface area contributed by atoms with E-state index in [9.17, 15) is 4.79 Å². The number of carbonyl (C=O) groups excluding carboxylic acids is 1. The molecule has 1 aliphatic rings. The van der Waals surface area contributed by atoms with Crippen molar-refractivity contribution in [3.05, 3.63) is 11.4 Å². The van der Waals surface area contributed by atoms with Crippen LogP contribution >= 0.6 is 0 Å². The third kappa shape index (κ3) is 2.60. The fraction of sp³-hybridized carbons (Fsp3) is 0.667. The first-order valence-electron chi connectivity index (χ1n) is 6.21. The molecule has 0 atom stereocenters. The Bertz CT molecular complexity index is 409. The number of nitrogens with one attached hydrogen (secondary N) is 1. The summed E-state index contributed by atoms with van der Waals surface area (Å²) >= 11 is 0. The number of H-pyrrole nitrogens is 1. The molecule has 0 saturated heterocycles. The van der Waals surface area contributed by atoms with E-state index in [0.29, 0.717) is 17.3 Å². The van der Waals surface area contributed by atoms with Gasteiger partial charge in [-0.25, -0.2) is 0 Å². The van der Waals surface area contributed by atoms with Crippen LogP contribution in [-0.2, 0) is 6.42 Å². The SMILES string of the molecule is CCCc1[nH]nc(C(=O)N(C)CC2CC2)c1N. The molecule has 0 unspecified atom stereocenters. The number of hydrogen-bond acceptors (Lipinski definition) is 3. The Labute approximate surface area is 101 Å². The third-order valence-electron chi connectivity index (χ3n) is 3.16. The summed E-state index contributed by atoms with van der Waals surface area (Å²) in [5, 5.41) is 6.90. The first-order valence-corrected chi connectivity index (χ1v) is 6.21. The van der Waals surface area contributed by atoms with Crippen LogP contribution in [0.4, 0.5) is 5.69 Å². The number of rotatable bonds is 5. The molecule has 0 spiro atoms. The van der Waals surface area contributed by atoms with Gasteiger partial charge in [-0.2, -0.15) is 5.10 Å². The zero-order valence-corrected chi connectivity index (χ0v) is 10.5. The van der Waals surface area contributed by atoms with Crippen molar-refractivity contribution in [3.63, 3.8) is 0 Å². The van der Waals surface area contributed by atoms with Crippen LogP contribution in [0.3, 0.4) is 0 Å². The lowest BCUT2D eigenvalue weighted by molar-refractivity contribution is 0.0784. The summed E-state index contributed by atoms with van der Waals surface area (Å²) in [4.78, 5) is 13.8. The standard InChI is InChI=1S/C12H20N4O/c1-3-4-9-10(13)11(15-14-9)12(17)16(2)7-8-5-6-8/h8H,3-7,13H2,1-2H3,(H,14,15). The second-order valence-electron chi connectivity index (χ2n) is 4.84. The first-order chi connectivity index (χ1) is 8.13. The van der Waals surface area contributed by atoms with Gasteiger partial charge in [0.15, 0.2) is 5.69 Å². The second-order valence-corrected chi connectivity index (χ2v) is 4.84. The molecule has 0 aliphatic heterocycles. The predicted octanol–water partition coefficient (Wildman–Crippen LogP) is 1.43. The maximum Gasteiger partial charge on any atom is 0.276 e. The number of amides is 1. The van der Waals surface area contributed by atoms with Crippen LogP contribution in [0.5, 0.6) is 0 Å². The second kappa shape index (κ2) is 4.77. The minimum atomic E-state index is -0.0759. The topological polar surface area (TPSA) is 75.0 Å². The van der Waals surface area contributed by atoms with E-state index in [1.54, 1.807) is 4.90 Å². The molecule has 17 heavy (non-hydrogen) atoms. The van der Waals surface area contributed by atoms with E-state index in [2.05, 4.69) is 17.1 Å². The monoisotopic (exact) mass is 236 g/mol. The molecular weight excluding hydrogens is 216 g/mol. The molecule has 94 valence electrons. The van der Waals surface area contributed by atoms with Gasteiger partial charge in [-0.05, 0) is 25.2 Å². The van der Waals surface area contributed by atoms with Gasteiger partial charge in [0.2, 0.25) is 0 Å².